The molecule has 2 atom stereocenters. The molecule has 1 aliphatic rings. The average Bonchev–Trinajstić information content (AvgIpc) is 2.63. The molecule has 6 heteroatoms. The normalized spacial score (nSPS) is 20.1. The lowest BCUT2D eigenvalue weighted by Gasteiger charge is -2.37. The van der Waals surface area contributed by atoms with Gasteiger partial charge in [0.25, 0.3) is 0 Å². The largest absolute Gasteiger partial charge is 0.372 e. The van der Waals surface area contributed by atoms with Crippen molar-refractivity contribution in [2.45, 2.75) is 26.1 Å². The van der Waals surface area contributed by atoms with Gasteiger partial charge in [-0.05, 0) is 19.9 Å². The number of anilines is 1. The van der Waals surface area contributed by atoms with Crippen molar-refractivity contribution in [1.29, 1.82) is 0 Å². The highest BCUT2D eigenvalue weighted by Crippen LogP contribution is 2.31. The van der Waals surface area contributed by atoms with Crippen molar-refractivity contribution < 1.29 is 23.1 Å². The second-order valence-electron chi connectivity index (χ2n) is 6.47. The minimum absolute atomic E-state index is 0.0514. The van der Waals surface area contributed by atoms with Crippen molar-refractivity contribution in [3.63, 3.8) is 0 Å². The molecule has 3 rings (SSSR count). The number of carbonyl (C=O) groups is 2. The van der Waals surface area contributed by atoms with E-state index in [0.29, 0.717) is 19.4 Å². The van der Waals surface area contributed by atoms with Gasteiger partial charge in [0.05, 0.1) is 23.5 Å². The maximum Gasteiger partial charge on any atom is 0.196 e. The molecular weight excluding hydrogens is 340 g/mol. The number of ether oxygens (including phenoxy) is 1. The Balaban J connectivity index is 2.07. The first kappa shape index (κ1) is 18.2. The van der Waals surface area contributed by atoms with E-state index < -0.39 is 23.0 Å². The molecule has 2 aromatic carbocycles. The second kappa shape index (κ2) is 7.33. The number of halogens is 2. The molecule has 0 N–H and O–H groups in total. The van der Waals surface area contributed by atoms with E-state index in [9.17, 15) is 18.4 Å². The molecule has 4 nitrogen and oxygen atoms in total. The summed E-state index contributed by atoms with van der Waals surface area (Å²) in [7, 11) is 0. The van der Waals surface area contributed by atoms with Crippen LogP contribution in [0.4, 0.5) is 14.5 Å². The molecule has 0 radical (unpaired) electrons. The van der Waals surface area contributed by atoms with E-state index in [2.05, 4.69) is 0 Å². The summed E-state index contributed by atoms with van der Waals surface area (Å²) in [5, 5.41) is 0. The van der Waals surface area contributed by atoms with Gasteiger partial charge in [-0.25, -0.2) is 8.78 Å². The van der Waals surface area contributed by atoms with E-state index in [1.54, 1.807) is 23.1 Å². The van der Waals surface area contributed by atoms with Crippen LogP contribution in [-0.2, 0) is 4.74 Å². The number of aldehydes is 1. The third kappa shape index (κ3) is 3.37. The lowest BCUT2D eigenvalue weighted by atomic mass is 9.98. The zero-order chi connectivity index (χ0) is 18.8. The van der Waals surface area contributed by atoms with Crippen LogP contribution in [0.3, 0.4) is 0 Å². The lowest BCUT2D eigenvalue weighted by Crippen LogP contribution is -2.46. The molecule has 0 spiro atoms. The molecule has 1 aliphatic heterocycles. The molecule has 0 bridgehead atoms. The SMILES string of the molecule is CC1CN(c2c(C=O)cc(C(=O)c3ccccc3)c(F)c2F)CC(C)O1. The second-order valence-corrected chi connectivity index (χ2v) is 6.47. The van der Waals surface area contributed by atoms with Crippen LogP contribution >= 0.6 is 0 Å². The highest BCUT2D eigenvalue weighted by molar-refractivity contribution is 6.10. The van der Waals surface area contributed by atoms with Gasteiger partial charge in [-0.3, -0.25) is 9.59 Å². The highest BCUT2D eigenvalue weighted by Gasteiger charge is 2.30. The number of rotatable bonds is 4. The molecule has 1 fully saturated rings. The minimum atomic E-state index is -1.24. The summed E-state index contributed by atoms with van der Waals surface area (Å²) in [6.45, 7) is 4.30. The maximum absolute atomic E-state index is 14.9. The number of nitrogens with zero attached hydrogens (tertiary/aromatic N) is 1. The number of hydrogen-bond acceptors (Lipinski definition) is 4. The van der Waals surface area contributed by atoms with Gasteiger partial charge < -0.3 is 9.64 Å². The van der Waals surface area contributed by atoms with Gasteiger partial charge in [-0.2, -0.15) is 0 Å². The van der Waals surface area contributed by atoms with E-state index in [4.69, 9.17) is 4.74 Å². The number of hydrogen-bond donors (Lipinski definition) is 0. The molecule has 26 heavy (non-hydrogen) atoms. The van der Waals surface area contributed by atoms with Crippen molar-refractivity contribution in [1.82, 2.24) is 0 Å². The minimum Gasteiger partial charge on any atom is -0.372 e. The first-order chi connectivity index (χ1) is 12.4. The zero-order valence-electron chi connectivity index (χ0n) is 14.5. The standard InChI is InChI=1S/C20H19F2NO3/c1-12-9-23(10-13(2)26-12)19-15(11-24)8-16(17(21)18(19)22)20(25)14-6-4-3-5-7-14/h3-8,11-13H,9-10H2,1-2H3. The van der Waals surface area contributed by atoms with E-state index in [1.165, 1.54) is 12.1 Å². The molecule has 1 saturated heterocycles. The lowest BCUT2D eigenvalue weighted by molar-refractivity contribution is -0.00547. The van der Waals surface area contributed by atoms with Gasteiger partial charge in [0.1, 0.15) is 0 Å². The fraction of sp³-hybridized carbons (Fsp3) is 0.300. The van der Waals surface area contributed by atoms with Crippen molar-refractivity contribution in [2.24, 2.45) is 0 Å². The van der Waals surface area contributed by atoms with Crippen molar-refractivity contribution in [2.75, 3.05) is 18.0 Å². The van der Waals surface area contributed by atoms with Crippen LogP contribution < -0.4 is 4.90 Å². The van der Waals surface area contributed by atoms with E-state index in [-0.39, 0.29) is 29.0 Å². The first-order valence-electron chi connectivity index (χ1n) is 8.39. The van der Waals surface area contributed by atoms with Crippen LogP contribution in [-0.4, -0.2) is 37.4 Å². The van der Waals surface area contributed by atoms with Crippen molar-refractivity contribution in [3.05, 3.63) is 64.7 Å². The smallest absolute Gasteiger partial charge is 0.196 e. The van der Waals surface area contributed by atoms with Gasteiger partial charge in [0, 0.05) is 24.2 Å². The Bertz CT molecular complexity index is 829. The Kier molecular flexibility index (Phi) is 5.13. The molecule has 0 aliphatic carbocycles. The fourth-order valence-corrected chi connectivity index (χ4v) is 3.32. The molecule has 2 unspecified atom stereocenters. The quantitative estimate of drug-likeness (QED) is 0.618. The van der Waals surface area contributed by atoms with Crippen molar-refractivity contribution in [3.8, 4) is 0 Å². The summed E-state index contributed by atoms with van der Waals surface area (Å²) in [6.07, 6.45) is 0.0717. The summed E-state index contributed by atoms with van der Waals surface area (Å²) in [4.78, 5) is 25.7. The predicted octanol–water partition coefficient (Wildman–Crippen LogP) is 3.62. The van der Waals surface area contributed by atoms with E-state index in [1.807, 2.05) is 13.8 Å². The van der Waals surface area contributed by atoms with E-state index >= 15 is 0 Å². The number of morpholine rings is 1. The number of benzene rings is 2. The average molecular weight is 359 g/mol. The van der Waals surface area contributed by atoms with Crippen molar-refractivity contribution >= 4 is 17.8 Å². The van der Waals surface area contributed by atoms with Gasteiger partial charge in [0.15, 0.2) is 23.7 Å². The predicted molar refractivity (Wildman–Crippen MR) is 93.8 cm³/mol. The molecule has 1 heterocycles. The van der Waals surface area contributed by atoms with E-state index in [0.717, 1.165) is 6.07 Å². The van der Waals surface area contributed by atoms with Crippen LogP contribution in [0.25, 0.3) is 0 Å². The summed E-state index contributed by atoms with van der Waals surface area (Å²) >= 11 is 0. The van der Waals surface area contributed by atoms with Crippen LogP contribution in [0.1, 0.15) is 40.1 Å². The monoisotopic (exact) mass is 359 g/mol. The number of carbonyl (C=O) groups excluding carboxylic acids is 2. The van der Waals surface area contributed by atoms with Crippen LogP contribution in [0.5, 0.6) is 0 Å². The summed E-state index contributed by atoms with van der Waals surface area (Å²) < 4.78 is 35.2. The molecule has 2 aromatic rings. The summed E-state index contributed by atoms with van der Waals surface area (Å²) in [5.41, 5.74) is -0.397. The molecule has 0 saturated carbocycles. The summed E-state index contributed by atoms with van der Waals surface area (Å²) in [6, 6.07) is 9.13. The Morgan fingerprint density at radius 2 is 1.73 bits per heavy atom. The molecule has 136 valence electrons. The fourth-order valence-electron chi connectivity index (χ4n) is 3.32. The van der Waals surface area contributed by atoms with Crippen LogP contribution in [0.15, 0.2) is 36.4 Å². The van der Waals surface area contributed by atoms with Crippen LogP contribution in [0.2, 0.25) is 0 Å². The van der Waals surface area contributed by atoms with Gasteiger partial charge in [-0.15, -0.1) is 0 Å². The molecular formula is C20H19F2NO3. The molecule has 0 amide bonds. The third-order valence-corrected chi connectivity index (χ3v) is 4.35. The Morgan fingerprint density at radius 1 is 1.12 bits per heavy atom. The Labute approximate surface area is 150 Å². The highest BCUT2D eigenvalue weighted by atomic mass is 19.2. The van der Waals surface area contributed by atoms with Gasteiger partial charge in [0.2, 0.25) is 0 Å². The first-order valence-corrected chi connectivity index (χ1v) is 8.39. The van der Waals surface area contributed by atoms with Gasteiger partial charge >= 0.3 is 0 Å². The molecule has 0 aromatic heterocycles. The topological polar surface area (TPSA) is 46.6 Å². The Hall–Kier alpha value is -2.60. The third-order valence-electron chi connectivity index (χ3n) is 4.35. The maximum atomic E-state index is 14.9. The van der Waals surface area contributed by atoms with Gasteiger partial charge in [-0.1, -0.05) is 30.3 Å². The summed E-state index contributed by atoms with van der Waals surface area (Å²) in [5.74, 6) is -3.10. The number of ketones is 1. The van der Waals surface area contributed by atoms with Crippen LogP contribution in [0, 0.1) is 11.6 Å². The zero-order valence-corrected chi connectivity index (χ0v) is 14.5. The Morgan fingerprint density at radius 3 is 2.31 bits per heavy atom.